The molecule has 1 atom stereocenters. The number of aryl methyl sites for hydroxylation is 1. The van der Waals surface area contributed by atoms with Gasteiger partial charge in [0.15, 0.2) is 0 Å². The van der Waals surface area contributed by atoms with Crippen LogP contribution in [-0.4, -0.2) is 25.2 Å². The lowest BCUT2D eigenvalue weighted by Crippen LogP contribution is -2.37. The highest BCUT2D eigenvalue weighted by Crippen LogP contribution is 2.40. The third-order valence-corrected chi connectivity index (χ3v) is 8.61. The topological polar surface area (TPSA) is 66.6 Å². The molecule has 0 amide bonds. The Balaban J connectivity index is 1.59. The molecule has 1 heterocycles. The summed E-state index contributed by atoms with van der Waals surface area (Å²) in [6.45, 7) is 8.95. The number of hydrogen-bond acceptors (Lipinski definition) is 4. The molecule has 4 aromatic carbocycles. The van der Waals surface area contributed by atoms with Gasteiger partial charge in [-0.25, -0.2) is 12.7 Å². The fourth-order valence-corrected chi connectivity index (χ4v) is 6.09. The molecule has 214 valence electrons. The number of hydrogen-bond donors (Lipinski definition) is 0. The van der Waals surface area contributed by atoms with Crippen molar-refractivity contribution in [3.05, 3.63) is 130 Å². The van der Waals surface area contributed by atoms with Crippen LogP contribution in [-0.2, 0) is 16.2 Å². The third-order valence-electron chi connectivity index (χ3n) is 6.60. The predicted molar refractivity (Wildman–Crippen MR) is 154 cm³/mol. The molecule has 42 heavy (non-hydrogen) atoms. The summed E-state index contributed by atoms with van der Waals surface area (Å²) in [4.78, 5) is 4.52. The van der Waals surface area contributed by atoms with Crippen molar-refractivity contribution in [1.29, 1.82) is 0 Å². The van der Waals surface area contributed by atoms with Gasteiger partial charge in [-0.15, -0.1) is 4.95 Å². The summed E-state index contributed by atoms with van der Waals surface area (Å²) in [5.41, 5.74) is 0.556. The van der Waals surface area contributed by atoms with E-state index in [2.05, 4.69) is 10.1 Å². The number of alkyl halides is 3. The normalized spacial score (nSPS) is 16.5. The molecular formula is C30H22ClF3N4O3S. The highest BCUT2D eigenvalue weighted by molar-refractivity contribution is 7.89. The Hall–Kier alpha value is -4.53. The average Bonchev–Trinajstić information content (AvgIpc) is 3.35. The molecule has 1 saturated heterocycles. The van der Waals surface area contributed by atoms with Gasteiger partial charge in [0.05, 0.1) is 23.0 Å². The number of benzene rings is 4. The van der Waals surface area contributed by atoms with Crippen molar-refractivity contribution in [1.82, 2.24) is 4.31 Å². The van der Waals surface area contributed by atoms with E-state index in [9.17, 15) is 21.6 Å². The van der Waals surface area contributed by atoms with E-state index in [4.69, 9.17) is 22.9 Å². The number of nitrogens with zero attached hydrogens (tertiary/aromatic N) is 4. The largest absolute Gasteiger partial charge is 0.457 e. The van der Waals surface area contributed by atoms with Crippen LogP contribution in [0.5, 0.6) is 11.5 Å². The number of sulfonamides is 1. The Morgan fingerprint density at radius 1 is 0.952 bits per heavy atom. The Kier molecular flexibility index (Phi) is 7.86. The summed E-state index contributed by atoms with van der Waals surface area (Å²) in [5, 5.41) is 4.38. The minimum Gasteiger partial charge on any atom is -0.457 e. The molecule has 7 nitrogen and oxygen atoms in total. The van der Waals surface area contributed by atoms with E-state index in [1.165, 1.54) is 29.2 Å². The molecule has 0 aromatic heterocycles. The zero-order chi connectivity index (χ0) is 30.1. The maximum absolute atomic E-state index is 13.8. The van der Waals surface area contributed by atoms with Crippen LogP contribution in [0.1, 0.15) is 22.7 Å². The van der Waals surface area contributed by atoms with Gasteiger partial charge in [0.2, 0.25) is 0 Å². The summed E-state index contributed by atoms with van der Waals surface area (Å²) in [6, 6.07) is 23.1. The van der Waals surface area contributed by atoms with Crippen LogP contribution in [0.25, 0.3) is 4.95 Å². The number of rotatable bonds is 6. The van der Waals surface area contributed by atoms with E-state index in [-0.39, 0.29) is 23.0 Å². The van der Waals surface area contributed by atoms with Crippen molar-refractivity contribution in [3.63, 3.8) is 0 Å². The summed E-state index contributed by atoms with van der Waals surface area (Å²) in [5.74, 6) is 0.740. The lowest BCUT2D eigenvalue weighted by atomic mass is 10.0. The molecule has 1 fully saturated rings. The number of guanidine groups is 1. The molecule has 0 radical (unpaired) electrons. The van der Waals surface area contributed by atoms with Crippen LogP contribution in [0.4, 0.5) is 18.9 Å². The molecule has 1 aliphatic heterocycles. The smallest absolute Gasteiger partial charge is 0.416 e. The molecule has 0 saturated carbocycles. The monoisotopic (exact) mass is 610 g/mol. The molecular weight excluding hydrogens is 589 g/mol. The second-order valence-electron chi connectivity index (χ2n) is 9.41. The van der Waals surface area contributed by atoms with Crippen LogP contribution >= 0.6 is 11.6 Å². The van der Waals surface area contributed by atoms with E-state index in [0.717, 1.165) is 22.0 Å². The van der Waals surface area contributed by atoms with Gasteiger partial charge < -0.3 is 4.74 Å². The first-order valence-corrected chi connectivity index (χ1v) is 14.3. The highest BCUT2D eigenvalue weighted by Gasteiger charge is 2.46. The molecule has 1 aliphatic rings. The summed E-state index contributed by atoms with van der Waals surface area (Å²) in [7, 11) is -4.24. The molecule has 0 aliphatic carbocycles. The molecule has 5 rings (SSSR count). The van der Waals surface area contributed by atoms with Gasteiger partial charge in [-0.3, -0.25) is 4.90 Å². The lowest BCUT2D eigenvalue weighted by molar-refractivity contribution is -0.137. The van der Waals surface area contributed by atoms with Crippen molar-refractivity contribution >= 4 is 33.3 Å². The summed E-state index contributed by atoms with van der Waals surface area (Å²) < 4.78 is 75.3. The Morgan fingerprint density at radius 3 is 2.17 bits per heavy atom. The van der Waals surface area contributed by atoms with Crippen LogP contribution in [0, 0.1) is 13.5 Å². The van der Waals surface area contributed by atoms with Crippen molar-refractivity contribution in [3.8, 4) is 11.5 Å². The molecule has 0 bridgehead atoms. The molecule has 4 aromatic rings. The van der Waals surface area contributed by atoms with E-state index in [1.54, 1.807) is 60.7 Å². The SMILES string of the molecule is [C-]#[N+]N=C1N(c2ccc(Oc3ccc(Cl)cc3)cc2)[C@@H](c2cccc(C(F)(F)F)c2)CN1S(=O)(=O)c1ccc(C)cc1. The quantitative estimate of drug-likeness (QED) is 0.164. The van der Waals surface area contributed by atoms with E-state index < -0.39 is 27.8 Å². The molecule has 12 heteroatoms. The van der Waals surface area contributed by atoms with Crippen molar-refractivity contribution in [2.45, 2.75) is 24.0 Å². The zero-order valence-corrected chi connectivity index (χ0v) is 23.5. The molecule has 0 spiro atoms. The number of halogens is 4. The average molecular weight is 611 g/mol. The Bertz CT molecular complexity index is 1770. The second-order valence-corrected chi connectivity index (χ2v) is 11.7. The van der Waals surface area contributed by atoms with Crippen LogP contribution in [0.2, 0.25) is 5.02 Å². The lowest BCUT2D eigenvalue weighted by Gasteiger charge is -2.25. The highest BCUT2D eigenvalue weighted by atomic mass is 35.5. The maximum Gasteiger partial charge on any atom is 0.416 e. The van der Waals surface area contributed by atoms with Crippen LogP contribution in [0.15, 0.2) is 107 Å². The minimum absolute atomic E-state index is 0.0397. The maximum atomic E-state index is 13.8. The van der Waals surface area contributed by atoms with Gasteiger partial charge in [-0.1, -0.05) is 41.4 Å². The first-order valence-electron chi connectivity index (χ1n) is 12.5. The number of anilines is 1. The van der Waals surface area contributed by atoms with Crippen LogP contribution < -0.4 is 9.64 Å². The van der Waals surface area contributed by atoms with Crippen molar-refractivity contribution in [2.24, 2.45) is 5.10 Å². The van der Waals surface area contributed by atoms with E-state index in [0.29, 0.717) is 22.2 Å². The fraction of sp³-hybridized carbons (Fsp3) is 0.133. The number of ether oxygens (including phenoxy) is 1. The minimum atomic E-state index is -4.61. The van der Waals surface area contributed by atoms with Crippen LogP contribution in [0.3, 0.4) is 0 Å². The zero-order valence-electron chi connectivity index (χ0n) is 22.0. The van der Waals surface area contributed by atoms with Crippen molar-refractivity contribution in [2.75, 3.05) is 11.4 Å². The van der Waals surface area contributed by atoms with Gasteiger partial charge in [-0.2, -0.15) is 19.7 Å². The standard InChI is InChI=1S/C30H22ClF3N4O3S/c1-20-6-16-27(17-7-20)42(39,40)37-19-28(21-4-3-5-22(18-21)30(32,33)34)38(29(37)36-35-2)24-10-14-26(15-11-24)41-25-12-8-23(31)9-13-25/h3-18,28H,19H2,1H3/t28-/m1/s1. The summed E-state index contributed by atoms with van der Waals surface area (Å²) in [6.07, 6.45) is -4.61. The predicted octanol–water partition coefficient (Wildman–Crippen LogP) is 7.90. The summed E-state index contributed by atoms with van der Waals surface area (Å²) >= 11 is 5.93. The Morgan fingerprint density at radius 2 is 1.57 bits per heavy atom. The van der Waals surface area contributed by atoms with E-state index in [1.807, 2.05) is 6.92 Å². The van der Waals surface area contributed by atoms with E-state index >= 15 is 0 Å². The van der Waals surface area contributed by atoms with Gasteiger partial charge in [0.25, 0.3) is 10.0 Å². The third kappa shape index (κ3) is 5.91. The van der Waals surface area contributed by atoms with Gasteiger partial charge in [0, 0.05) is 10.7 Å². The van der Waals surface area contributed by atoms with Gasteiger partial charge in [-0.05, 0) is 85.3 Å². The molecule has 0 N–H and O–H groups in total. The van der Waals surface area contributed by atoms with Gasteiger partial charge in [0.1, 0.15) is 16.6 Å². The van der Waals surface area contributed by atoms with Gasteiger partial charge >= 0.3 is 12.1 Å². The second kappa shape index (κ2) is 11.4. The fourth-order valence-electron chi connectivity index (χ4n) is 4.55. The first-order chi connectivity index (χ1) is 20.0. The molecule has 0 unspecified atom stereocenters. The first kappa shape index (κ1) is 29.0. The van der Waals surface area contributed by atoms with Crippen molar-refractivity contribution < 1.29 is 26.3 Å². The Labute approximate surface area is 245 Å².